The lowest BCUT2D eigenvalue weighted by Gasteiger charge is -2.13. The Labute approximate surface area is 132 Å². The molecule has 0 aromatic heterocycles. The van der Waals surface area contributed by atoms with Crippen molar-refractivity contribution in [1.82, 2.24) is 0 Å². The van der Waals surface area contributed by atoms with Gasteiger partial charge in [-0.1, -0.05) is 69.6 Å². The van der Waals surface area contributed by atoms with Crippen LogP contribution in [0.5, 0.6) is 11.5 Å². The molecule has 0 spiro atoms. The molecule has 2 aromatic carbocycles. The lowest BCUT2D eigenvalue weighted by Crippen LogP contribution is -1.86. The monoisotopic (exact) mass is 364 g/mol. The molecule has 0 saturated carbocycles. The number of halogens is 6. The Hall–Kier alpha value is 0.0400. The fraction of sp³-hybridized carbons (Fsp3) is 0. The van der Waals surface area contributed by atoms with E-state index in [9.17, 15) is 10.2 Å². The van der Waals surface area contributed by atoms with Gasteiger partial charge >= 0.3 is 0 Å². The molecule has 2 aromatic rings. The van der Waals surface area contributed by atoms with Gasteiger partial charge in [0.05, 0.1) is 25.5 Å². The number of hydrogen-bond donors (Lipinski definition) is 2. The zero-order valence-electron chi connectivity index (χ0n) is 8.16. The molecule has 0 bridgehead atoms. The van der Waals surface area contributed by atoms with Gasteiger partial charge in [0.25, 0.3) is 0 Å². The van der Waals surface area contributed by atoms with E-state index in [1.54, 1.807) is 0 Å². The predicted octanol–water partition coefficient (Wildman–Crippen LogP) is 6.17. The van der Waals surface area contributed by atoms with E-state index in [-0.39, 0.29) is 40.9 Å². The van der Waals surface area contributed by atoms with E-state index in [0.717, 1.165) is 0 Å². The topological polar surface area (TPSA) is 40.5 Å². The highest BCUT2D eigenvalue weighted by molar-refractivity contribution is 6.56. The maximum Gasteiger partial charge on any atom is 0.147 e. The summed E-state index contributed by atoms with van der Waals surface area (Å²) in [5, 5.41) is 19.1. The van der Waals surface area contributed by atoms with Gasteiger partial charge in [-0.25, -0.2) is 0 Å². The molecule has 0 amide bonds. The summed E-state index contributed by atoms with van der Waals surface area (Å²) in [6.07, 6.45) is 0. The van der Waals surface area contributed by atoms with Crippen LogP contribution in [0, 0.1) is 0 Å². The summed E-state index contributed by atoms with van der Waals surface area (Å²) < 4.78 is 0. The first-order chi connectivity index (χ1) is 8.29. The highest BCUT2D eigenvalue weighted by Gasteiger charge is 2.24. The van der Waals surface area contributed by atoms with Crippen molar-refractivity contribution in [3.8, 4) is 11.5 Å². The van der Waals surface area contributed by atoms with Crippen molar-refractivity contribution in [3.63, 3.8) is 0 Å². The van der Waals surface area contributed by atoms with E-state index >= 15 is 0 Å². The van der Waals surface area contributed by atoms with Crippen molar-refractivity contribution >= 4 is 80.4 Å². The van der Waals surface area contributed by atoms with Gasteiger partial charge in [0.2, 0.25) is 0 Å². The number of fused-ring (bicyclic) bond motifs is 1. The van der Waals surface area contributed by atoms with Crippen molar-refractivity contribution < 1.29 is 10.2 Å². The number of phenols is 2. The van der Waals surface area contributed by atoms with Crippen molar-refractivity contribution in [3.05, 3.63) is 30.1 Å². The van der Waals surface area contributed by atoms with Crippen LogP contribution >= 0.6 is 69.6 Å². The average molecular weight is 367 g/mol. The molecule has 0 unspecified atom stereocenters. The van der Waals surface area contributed by atoms with E-state index in [1.807, 2.05) is 0 Å². The molecular weight excluding hydrogens is 365 g/mol. The molecule has 0 atom stereocenters. The molecular formula is C10H2Cl6O2. The van der Waals surface area contributed by atoms with Crippen LogP contribution in [0.1, 0.15) is 0 Å². The minimum atomic E-state index is -0.473. The normalized spacial score (nSPS) is 11.2. The van der Waals surface area contributed by atoms with Crippen molar-refractivity contribution in [2.75, 3.05) is 0 Å². The maximum absolute atomic E-state index is 9.89. The molecule has 2 nitrogen and oxygen atoms in total. The second kappa shape index (κ2) is 4.86. The van der Waals surface area contributed by atoms with E-state index in [0.29, 0.717) is 0 Å². The van der Waals surface area contributed by atoms with Crippen LogP contribution in [0.25, 0.3) is 10.8 Å². The van der Waals surface area contributed by atoms with Gasteiger partial charge in [0.15, 0.2) is 0 Å². The Morgan fingerprint density at radius 3 is 1.11 bits per heavy atom. The van der Waals surface area contributed by atoms with Crippen LogP contribution < -0.4 is 0 Å². The Morgan fingerprint density at radius 2 is 0.778 bits per heavy atom. The second-order valence-corrected chi connectivity index (χ2v) is 5.60. The smallest absolute Gasteiger partial charge is 0.147 e. The number of phenolic OH excluding ortho intramolecular Hbond substituents is 2. The Balaban J connectivity index is 3.22. The third kappa shape index (κ3) is 1.87. The molecule has 0 fully saturated rings. The van der Waals surface area contributed by atoms with Crippen molar-refractivity contribution in [2.24, 2.45) is 0 Å². The Bertz CT molecular complexity index is 569. The standard InChI is InChI=1S/C10H2Cl6O2/c11-3-1-2(9(17)7(15)5(3)13)10(18)8(16)6(14)4(1)12/h17-18H. The molecule has 0 heterocycles. The molecule has 0 radical (unpaired) electrons. The molecule has 0 aliphatic carbocycles. The fourth-order valence-corrected chi connectivity index (χ4v) is 2.96. The number of aromatic hydroxyl groups is 2. The molecule has 96 valence electrons. The quantitative estimate of drug-likeness (QED) is 0.547. The first-order valence-electron chi connectivity index (χ1n) is 4.33. The molecule has 0 aliphatic rings. The van der Waals surface area contributed by atoms with Crippen LogP contribution in [0.15, 0.2) is 0 Å². The van der Waals surface area contributed by atoms with Crippen LogP contribution in [0.2, 0.25) is 30.1 Å². The lowest BCUT2D eigenvalue weighted by molar-refractivity contribution is 0.464. The summed E-state index contributed by atoms with van der Waals surface area (Å²) in [5.41, 5.74) is 0. The van der Waals surface area contributed by atoms with E-state index < -0.39 is 11.5 Å². The van der Waals surface area contributed by atoms with Gasteiger partial charge in [-0.15, -0.1) is 0 Å². The highest BCUT2D eigenvalue weighted by Crippen LogP contribution is 2.53. The van der Waals surface area contributed by atoms with E-state index in [4.69, 9.17) is 69.6 Å². The fourth-order valence-electron chi connectivity index (χ4n) is 1.50. The molecule has 0 aliphatic heterocycles. The average Bonchev–Trinajstić information content (AvgIpc) is 2.35. The molecule has 2 N–H and O–H groups in total. The van der Waals surface area contributed by atoms with E-state index in [1.165, 1.54) is 0 Å². The first-order valence-corrected chi connectivity index (χ1v) is 6.60. The zero-order valence-corrected chi connectivity index (χ0v) is 12.7. The zero-order chi connectivity index (χ0) is 13.8. The lowest BCUT2D eigenvalue weighted by atomic mass is 10.1. The third-order valence-corrected chi connectivity index (χ3v) is 4.98. The van der Waals surface area contributed by atoms with Crippen LogP contribution in [0.4, 0.5) is 0 Å². The summed E-state index contributed by atoms with van der Waals surface area (Å²) in [7, 11) is 0. The summed E-state index contributed by atoms with van der Waals surface area (Å²) in [6, 6.07) is 0. The SMILES string of the molecule is Oc1c(Cl)c(Cl)c(Cl)c2c(Cl)c(Cl)c(Cl)c(O)c12. The van der Waals surface area contributed by atoms with Crippen molar-refractivity contribution in [1.29, 1.82) is 0 Å². The van der Waals surface area contributed by atoms with Gasteiger partial charge in [-0.05, 0) is 0 Å². The largest absolute Gasteiger partial charge is 0.506 e. The third-order valence-electron chi connectivity index (χ3n) is 2.35. The Kier molecular flexibility index (Phi) is 3.90. The number of benzene rings is 2. The van der Waals surface area contributed by atoms with Gasteiger partial charge in [-0.3, -0.25) is 0 Å². The van der Waals surface area contributed by atoms with Gasteiger partial charge in [-0.2, -0.15) is 0 Å². The summed E-state index contributed by atoms with van der Waals surface area (Å²) in [4.78, 5) is 0. The maximum atomic E-state index is 9.89. The summed E-state index contributed by atoms with van der Waals surface area (Å²) in [5.74, 6) is -0.946. The minimum absolute atomic E-state index is 0.0340. The molecule has 8 heteroatoms. The van der Waals surface area contributed by atoms with Gasteiger partial charge in [0, 0.05) is 5.39 Å². The Morgan fingerprint density at radius 1 is 0.444 bits per heavy atom. The number of hydrogen-bond acceptors (Lipinski definition) is 2. The molecule has 18 heavy (non-hydrogen) atoms. The van der Waals surface area contributed by atoms with E-state index in [2.05, 4.69) is 0 Å². The predicted molar refractivity (Wildman–Crippen MR) is 77.3 cm³/mol. The van der Waals surface area contributed by atoms with Gasteiger partial charge < -0.3 is 10.2 Å². The van der Waals surface area contributed by atoms with Crippen LogP contribution in [-0.2, 0) is 0 Å². The first kappa shape index (κ1) is 14.4. The van der Waals surface area contributed by atoms with Gasteiger partial charge in [0.1, 0.15) is 21.5 Å². The minimum Gasteiger partial charge on any atom is -0.506 e. The summed E-state index contributed by atoms with van der Waals surface area (Å²) in [6.45, 7) is 0. The molecule has 2 rings (SSSR count). The second-order valence-electron chi connectivity index (χ2n) is 3.33. The van der Waals surface area contributed by atoms with Crippen LogP contribution in [-0.4, -0.2) is 10.2 Å². The van der Waals surface area contributed by atoms with Crippen LogP contribution in [0.3, 0.4) is 0 Å². The summed E-state index contributed by atoms with van der Waals surface area (Å²) >= 11 is 35.2. The number of rotatable bonds is 0. The molecule has 0 saturated heterocycles. The highest BCUT2D eigenvalue weighted by atomic mass is 35.5. The van der Waals surface area contributed by atoms with Crippen molar-refractivity contribution in [2.45, 2.75) is 0 Å².